The highest BCUT2D eigenvalue weighted by Crippen LogP contribution is 2.23. The molecule has 0 aliphatic rings. The first-order valence-corrected chi connectivity index (χ1v) is 4.87. The molecule has 0 bridgehead atoms. The number of rotatable bonds is 2. The van der Waals surface area contributed by atoms with Crippen LogP contribution in [0.15, 0.2) is 45.9 Å². The first-order valence-electron chi connectivity index (χ1n) is 4.08. The normalized spacial score (nSPS) is 12.7. The van der Waals surface area contributed by atoms with Gasteiger partial charge >= 0.3 is 0 Å². The van der Waals surface area contributed by atoms with Crippen LogP contribution in [-0.4, -0.2) is 10.1 Å². The molecule has 2 aromatic heterocycles. The standard InChI is InChI=1S/C10H8BrNO2/c11-9-3-8(4-12-5-9)10(13)7-1-2-14-6-7/h1-6,10,13H. The van der Waals surface area contributed by atoms with Gasteiger partial charge in [-0.2, -0.15) is 0 Å². The highest BCUT2D eigenvalue weighted by Gasteiger charge is 2.11. The van der Waals surface area contributed by atoms with E-state index in [4.69, 9.17) is 4.42 Å². The molecule has 3 nitrogen and oxygen atoms in total. The summed E-state index contributed by atoms with van der Waals surface area (Å²) in [6, 6.07) is 3.55. The molecule has 0 aliphatic heterocycles. The number of nitrogens with zero attached hydrogens (tertiary/aromatic N) is 1. The van der Waals surface area contributed by atoms with Crippen molar-refractivity contribution in [2.75, 3.05) is 0 Å². The Balaban J connectivity index is 2.32. The van der Waals surface area contributed by atoms with Crippen LogP contribution in [0, 0.1) is 0 Å². The molecule has 72 valence electrons. The molecule has 0 aliphatic carbocycles. The summed E-state index contributed by atoms with van der Waals surface area (Å²) >= 11 is 3.30. The van der Waals surface area contributed by atoms with Gasteiger partial charge in [-0.25, -0.2) is 0 Å². The van der Waals surface area contributed by atoms with Crippen LogP contribution in [0.25, 0.3) is 0 Å². The predicted octanol–water partition coefficient (Wildman–Crippen LogP) is 2.52. The van der Waals surface area contributed by atoms with Gasteiger partial charge < -0.3 is 9.52 Å². The Morgan fingerprint density at radius 2 is 2.21 bits per heavy atom. The second-order valence-electron chi connectivity index (χ2n) is 2.90. The highest BCUT2D eigenvalue weighted by atomic mass is 79.9. The average molecular weight is 254 g/mol. The van der Waals surface area contributed by atoms with E-state index in [9.17, 15) is 5.11 Å². The van der Waals surface area contributed by atoms with Crippen LogP contribution in [0.4, 0.5) is 0 Å². The molecule has 2 rings (SSSR count). The Kier molecular flexibility index (Phi) is 2.65. The number of hydrogen-bond donors (Lipinski definition) is 1. The van der Waals surface area contributed by atoms with Gasteiger partial charge in [-0.3, -0.25) is 4.98 Å². The number of pyridine rings is 1. The molecule has 0 aromatic carbocycles. The van der Waals surface area contributed by atoms with Crippen molar-refractivity contribution in [1.29, 1.82) is 0 Å². The van der Waals surface area contributed by atoms with E-state index in [1.807, 2.05) is 6.07 Å². The maximum atomic E-state index is 9.88. The number of furan rings is 1. The second kappa shape index (κ2) is 3.94. The minimum atomic E-state index is -0.682. The number of aliphatic hydroxyl groups is 1. The lowest BCUT2D eigenvalue weighted by molar-refractivity contribution is 0.218. The molecular formula is C10H8BrNO2. The lowest BCUT2D eigenvalue weighted by Crippen LogP contribution is -1.98. The number of halogens is 1. The molecule has 2 aromatic rings. The molecule has 0 fully saturated rings. The summed E-state index contributed by atoms with van der Waals surface area (Å²) in [6.45, 7) is 0. The summed E-state index contributed by atoms with van der Waals surface area (Å²) in [5.74, 6) is 0. The molecule has 1 N–H and O–H groups in total. The quantitative estimate of drug-likeness (QED) is 0.895. The van der Waals surface area contributed by atoms with Gasteiger partial charge in [-0.05, 0) is 28.1 Å². The summed E-state index contributed by atoms with van der Waals surface area (Å²) < 4.78 is 5.74. The predicted molar refractivity (Wildman–Crippen MR) is 54.7 cm³/mol. The lowest BCUT2D eigenvalue weighted by atomic mass is 10.1. The van der Waals surface area contributed by atoms with E-state index in [0.717, 1.165) is 15.6 Å². The zero-order chi connectivity index (χ0) is 9.97. The van der Waals surface area contributed by atoms with Crippen LogP contribution < -0.4 is 0 Å². The van der Waals surface area contributed by atoms with Crippen molar-refractivity contribution < 1.29 is 9.52 Å². The molecule has 4 heteroatoms. The Labute approximate surface area is 89.5 Å². The van der Waals surface area contributed by atoms with E-state index < -0.39 is 6.10 Å². The van der Waals surface area contributed by atoms with Gasteiger partial charge in [0.15, 0.2) is 0 Å². The SMILES string of the molecule is OC(c1ccoc1)c1cncc(Br)c1. The maximum absolute atomic E-state index is 9.88. The third kappa shape index (κ3) is 1.86. The van der Waals surface area contributed by atoms with Crippen LogP contribution in [0.5, 0.6) is 0 Å². The number of aliphatic hydroxyl groups excluding tert-OH is 1. The summed E-state index contributed by atoms with van der Waals surface area (Å²) in [6.07, 6.45) is 5.67. The zero-order valence-corrected chi connectivity index (χ0v) is 8.81. The van der Waals surface area contributed by atoms with Gasteiger partial charge in [0, 0.05) is 28.0 Å². The first-order chi connectivity index (χ1) is 6.77. The third-order valence-electron chi connectivity index (χ3n) is 1.90. The van der Waals surface area contributed by atoms with Crippen molar-refractivity contribution in [2.45, 2.75) is 6.10 Å². The van der Waals surface area contributed by atoms with E-state index >= 15 is 0 Å². The monoisotopic (exact) mass is 253 g/mol. The van der Waals surface area contributed by atoms with Crippen molar-refractivity contribution in [3.63, 3.8) is 0 Å². The van der Waals surface area contributed by atoms with Crippen molar-refractivity contribution in [2.24, 2.45) is 0 Å². The van der Waals surface area contributed by atoms with E-state index in [-0.39, 0.29) is 0 Å². The topological polar surface area (TPSA) is 46.3 Å². The fourth-order valence-electron chi connectivity index (χ4n) is 1.20. The molecule has 0 spiro atoms. The smallest absolute Gasteiger partial charge is 0.109 e. The van der Waals surface area contributed by atoms with Crippen molar-refractivity contribution >= 4 is 15.9 Å². The highest BCUT2D eigenvalue weighted by molar-refractivity contribution is 9.10. The molecule has 1 unspecified atom stereocenters. The Hall–Kier alpha value is -1.13. The Bertz CT molecular complexity index is 414. The Morgan fingerprint density at radius 3 is 2.86 bits per heavy atom. The van der Waals surface area contributed by atoms with Crippen molar-refractivity contribution in [3.05, 3.63) is 52.7 Å². The Morgan fingerprint density at radius 1 is 1.36 bits per heavy atom. The molecule has 0 radical (unpaired) electrons. The van der Waals surface area contributed by atoms with E-state index in [2.05, 4.69) is 20.9 Å². The van der Waals surface area contributed by atoms with Crippen LogP contribution in [-0.2, 0) is 0 Å². The molecule has 0 amide bonds. The zero-order valence-electron chi connectivity index (χ0n) is 7.22. The van der Waals surface area contributed by atoms with Gasteiger partial charge in [-0.1, -0.05) is 0 Å². The van der Waals surface area contributed by atoms with Gasteiger partial charge in [0.05, 0.1) is 12.5 Å². The van der Waals surface area contributed by atoms with E-state index in [1.54, 1.807) is 18.5 Å². The largest absolute Gasteiger partial charge is 0.472 e. The van der Waals surface area contributed by atoms with Crippen molar-refractivity contribution in [1.82, 2.24) is 4.98 Å². The number of hydrogen-bond acceptors (Lipinski definition) is 3. The minimum absolute atomic E-state index is 0.682. The summed E-state index contributed by atoms with van der Waals surface area (Å²) in [5.41, 5.74) is 1.46. The van der Waals surface area contributed by atoms with E-state index in [1.165, 1.54) is 12.5 Å². The molecule has 0 saturated carbocycles. The maximum Gasteiger partial charge on any atom is 0.109 e. The summed E-state index contributed by atoms with van der Waals surface area (Å²) in [7, 11) is 0. The lowest BCUT2D eigenvalue weighted by Gasteiger charge is -2.07. The van der Waals surface area contributed by atoms with Gasteiger partial charge in [0.25, 0.3) is 0 Å². The fraction of sp³-hybridized carbons (Fsp3) is 0.100. The average Bonchev–Trinajstić information content (AvgIpc) is 2.69. The van der Waals surface area contributed by atoms with Gasteiger partial charge in [-0.15, -0.1) is 0 Å². The summed E-state index contributed by atoms with van der Waals surface area (Å²) in [5, 5.41) is 9.88. The van der Waals surface area contributed by atoms with Crippen LogP contribution in [0.1, 0.15) is 17.2 Å². The van der Waals surface area contributed by atoms with Crippen LogP contribution >= 0.6 is 15.9 Å². The third-order valence-corrected chi connectivity index (χ3v) is 2.33. The van der Waals surface area contributed by atoms with Gasteiger partial charge in [0.2, 0.25) is 0 Å². The second-order valence-corrected chi connectivity index (χ2v) is 3.81. The van der Waals surface area contributed by atoms with Crippen LogP contribution in [0.2, 0.25) is 0 Å². The van der Waals surface area contributed by atoms with Gasteiger partial charge in [0.1, 0.15) is 6.10 Å². The molecule has 1 atom stereocenters. The number of aromatic nitrogens is 1. The summed E-state index contributed by atoms with van der Waals surface area (Å²) in [4.78, 5) is 3.98. The fourth-order valence-corrected chi connectivity index (χ4v) is 1.58. The molecular weight excluding hydrogens is 246 g/mol. The van der Waals surface area contributed by atoms with E-state index in [0.29, 0.717) is 0 Å². The molecule has 2 heterocycles. The molecule has 0 saturated heterocycles. The first kappa shape index (κ1) is 9.43. The van der Waals surface area contributed by atoms with Crippen LogP contribution in [0.3, 0.4) is 0 Å². The molecule has 14 heavy (non-hydrogen) atoms. The minimum Gasteiger partial charge on any atom is -0.472 e. The van der Waals surface area contributed by atoms with Crippen molar-refractivity contribution in [3.8, 4) is 0 Å².